The fraction of sp³-hybridized carbons (Fsp3) is 0.389. The summed E-state index contributed by atoms with van der Waals surface area (Å²) in [5.74, 6) is -4.64. The second kappa shape index (κ2) is 25.6. The van der Waals surface area contributed by atoms with Gasteiger partial charge in [-0.1, -0.05) is 36.7 Å². The largest absolute Gasteiger partial charge is 0.514 e. The number of fused-ring (bicyclic) bond motifs is 1. The van der Waals surface area contributed by atoms with Crippen LogP contribution in [0.15, 0.2) is 57.0 Å². The van der Waals surface area contributed by atoms with Gasteiger partial charge in [0.25, 0.3) is 0 Å². The second-order valence-corrected chi connectivity index (χ2v) is 13.2. The molecule has 22 heteroatoms. The van der Waals surface area contributed by atoms with Gasteiger partial charge in [0.2, 0.25) is 0 Å². The molecule has 2 rings (SSSR count). The molecule has 20 nitrogen and oxygen atoms in total. The summed E-state index contributed by atoms with van der Waals surface area (Å²) in [5.41, 5.74) is -0.273. The standard InChI is InChI=1S/C36H36N2O18S2/c1-5-26(39)51-19-21(3)53-30(43)11-9-28(41)47-13-15-49-35(45)55-24-7-8-25(33-32(24)57-34(58-33)23(17-37)18-38)56-36(46)50-16-14-48-29(42)10-12-31(44)54-22(4)20-52-27(40)6-2/h5-8,21-22H,1-2,9-16,19-20H2,3-4H3. The number of allylic oxidation sites excluding steroid dienone is 1. The lowest BCUT2D eigenvalue weighted by Gasteiger charge is -2.13. The smallest absolute Gasteiger partial charge is 0.462 e. The lowest BCUT2D eigenvalue weighted by Crippen LogP contribution is -2.22. The molecule has 0 saturated heterocycles. The first-order valence-corrected chi connectivity index (χ1v) is 18.4. The fourth-order valence-electron chi connectivity index (χ4n) is 3.81. The minimum Gasteiger partial charge on any atom is -0.462 e. The molecule has 58 heavy (non-hydrogen) atoms. The van der Waals surface area contributed by atoms with Crippen molar-refractivity contribution in [3.63, 3.8) is 0 Å². The van der Waals surface area contributed by atoms with Crippen molar-refractivity contribution >= 4 is 71.7 Å². The lowest BCUT2D eigenvalue weighted by atomic mass is 10.3. The third kappa shape index (κ3) is 18.0. The highest BCUT2D eigenvalue weighted by molar-refractivity contribution is 8.24. The molecule has 0 amide bonds. The van der Waals surface area contributed by atoms with Crippen LogP contribution in [0.1, 0.15) is 39.5 Å². The summed E-state index contributed by atoms with van der Waals surface area (Å²) in [6, 6.07) is 5.96. The average Bonchev–Trinajstić information content (AvgIpc) is 3.65. The Morgan fingerprint density at radius 1 is 0.603 bits per heavy atom. The zero-order valence-corrected chi connectivity index (χ0v) is 32.6. The predicted molar refractivity (Wildman–Crippen MR) is 194 cm³/mol. The van der Waals surface area contributed by atoms with Crippen LogP contribution < -0.4 is 9.47 Å². The molecule has 0 spiro atoms. The number of esters is 6. The van der Waals surface area contributed by atoms with Crippen LogP contribution in [0.25, 0.3) is 0 Å². The predicted octanol–water partition coefficient (Wildman–Crippen LogP) is 4.14. The van der Waals surface area contributed by atoms with Gasteiger partial charge in [-0.25, -0.2) is 19.2 Å². The Labute approximate surface area is 339 Å². The van der Waals surface area contributed by atoms with Crippen molar-refractivity contribution in [3.05, 3.63) is 47.3 Å². The van der Waals surface area contributed by atoms with Gasteiger partial charge in [0.1, 0.15) is 81.1 Å². The van der Waals surface area contributed by atoms with E-state index in [-0.39, 0.29) is 83.2 Å². The number of hydrogen-bond donors (Lipinski definition) is 0. The molecule has 0 saturated carbocycles. The van der Waals surface area contributed by atoms with Crippen LogP contribution in [0.2, 0.25) is 0 Å². The van der Waals surface area contributed by atoms with Gasteiger partial charge in [0.15, 0.2) is 0 Å². The molecular formula is C36H36N2O18S2. The van der Waals surface area contributed by atoms with E-state index < -0.39 is 73.5 Å². The number of benzene rings is 1. The first-order chi connectivity index (χ1) is 27.7. The fourth-order valence-corrected chi connectivity index (χ4v) is 6.29. The van der Waals surface area contributed by atoms with Gasteiger partial charge >= 0.3 is 48.1 Å². The van der Waals surface area contributed by atoms with Crippen LogP contribution in [0.5, 0.6) is 11.5 Å². The molecule has 1 aromatic rings. The zero-order valence-electron chi connectivity index (χ0n) is 31.0. The molecule has 0 bridgehead atoms. The van der Waals surface area contributed by atoms with Gasteiger partial charge in [-0.2, -0.15) is 10.5 Å². The van der Waals surface area contributed by atoms with E-state index in [9.17, 15) is 48.9 Å². The van der Waals surface area contributed by atoms with Gasteiger partial charge < -0.3 is 47.4 Å². The minimum atomic E-state index is -1.22. The van der Waals surface area contributed by atoms with Crippen LogP contribution >= 0.6 is 23.5 Å². The highest BCUT2D eigenvalue weighted by Crippen LogP contribution is 2.58. The van der Waals surface area contributed by atoms with E-state index in [2.05, 4.69) is 13.2 Å². The van der Waals surface area contributed by atoms with Crippen LogP contribution in [-0.2, 0) is 66.7 Å². The number of carbonyl (C=O) groups is 8. The summed E-state index contributed by atoms with van der Waals surface area (Å²) >= 11 is 1.75. The maximum atomic E-state index is 12.4. The molecular weight excluding hydrogens is 813 g/mol. The first kappa shape index (κ1) is 47.6. The summed E-state index contributed by atoms with van der Waals surface area (Å²) in [6.45, 7) is 7.40. The van der Waals surface area contributed by atoms with Crippen molar-refractivity contribution in [2.45, 2.75) is 61.5 Å². The van der Waals surface area contributed by atoms with Crippen molar-refractivity contribution in [2.75, 3.05) is 39.6 Å². The molecule has 2 unspecified atom stereocenters. The van der Waals surface area contributed by atoms with Crippen molar-refractivity contribution in [1.82, 2.24) is 0 Å². The lowest BCUT2D eigenvalue weighted by molar-refractivity contribution is -0.158. The summed E-state index contributed by atoms with van der Waals surface area (Å²) in [6.07, 6.45) is -3.41. The van der Waals surface area contributed by atoms with E-state index >= 15 is 0 Å². The van der Waals surface area contributed by atoms with Gasteiger partial charge in [-0.05, 0) is 26.0 Å². The number of nitrogens with zero attached hydrogens (tertiary/aromatic N) is 2. The van der Waals surface area contributed by atoms with E-state index in [1.807, 2.05) is 0 Å². The molecule has 2 atom stereocenters. The van der Waals surface area contributed by atoms with Gasteiger partial charge in [0.05, 0.1) is 39.7 Å². The number of rotatable bonds is 22. The number of hydrogen-bond acceptors (Lipinski definition) is 22. The molecule has 0 aliphatic carbocycles. The number of thioether (sulfide) groups is 2. The van der Waals surface area contributed by atoms with Crippen molar-refractivity contribution in [2.24, 2.45) is 0 Å². The molecule has 1 aliphatic rings. The van der Waals surface area contributed by atoms with Crippen LogP contribution in [0.4, 0.5) is 9.59 Å². The van der Waals surface area contributed by atoms with Gasteiger partial charge in [0, 0.05) is 12.2 Å². The molecule has 310 valence electrons. The molecule has 1 heterocycles. The molecule has 1 aromatic carbocycles. The summed E-state index contributed by atoms with van der Waals surface area (Å²) in [4.78, 5) is 95.1. The van der Waals surface area contributed by atoms with Crippen molar-refractivity contribution in [3.8, 4) is 23.6 Å². The Morgan fingerprint density at radius 3 is 1.33 bits per heavy atom. The van der Waals surface area contributed by atoms with Crippen molar-refractivity contribution < 1.29 is 85.7 Å². The molecule has 0 N–H and O–H groups in total. The third-order valence-corrected chi connectivity index (χ3v) is 8.99. The van der Waals surface area contributed by atoms with Gasteiger partial charge in [-0.15, -0.1) is 0 Å². The number of nitriles is 2. The Bertz CT molecular complexity index is 1740. The summed E-state index contributed by atoms with van der Waals surface area (Å²) in [5, 5.41) is 18.7. The molecule has 0 fully saturated rings. The number of carbonyl (C=O) groups excluding carboxylic acids is 8. The van der Waals surface area contributed by atoms with E-state index in [1.54, 1.807) is 12.1 Å². The van der Waals surface area contributed by atoms with E-state index in [4.69, 9.17) is 47.4 Å². The third-order valence-electron chi connectivity index (χ3n) is 6.36. The van der Waals surface area contributed by atoms with E-state index in [0.717, 1.165) is 35.7 Å². The SMILES string of the molecule is C=CC(=O)OCC(C)OC(=O)CCC(=O)OCCOC(=O)Oc1ccc(OC(=O)OCCOC(=O)CCC(=O)OC(C)COC(=O)C=C)c2c1SC(=C(C#N)C#N)S2. The molecule has 0 aromatic heterocycles. The summed E-state index contributed by atoms with van der Waals surface area (Å²) in [7, 11) is 0. The highest BCUT2D eigenvalue weighted by Gasteiger charge is 2.31. The molecule has 1 aliphatic heterocycles. The number of ether oxygens (including phenoxy) is 10. The van der Waals surface area contributed by atoms with Crippen LogP contribution in [0.3, 0.4) is 0 Å². The maximum absolute atomic E-state index is 12.4. The Hall–Kier alpha value is -6.52. The summed E-state index contributed by atoms with van der Waals surface area (Å²) < 4.78 is 50.0. The van der Waals surface area contributed by atoms with E-state index in [1.165, 1.54) is 26.0 Å². The van der Waals surface area contributed by atoms with Crippen LogP contribution in [0, 0.1) is 22.7 Å². The maximum Gasteiger partial charge on any atom is 0.514 e. The van der Waals surface area contributed by atoms with Crippen LogP contribution in [-0.4, -0.2) is 100.0 Å². The zero-order chi connectivity index (χ0) is 43.0. The first-order valence-electron chi connectivity index (χ1n) is 16.7. The quantitative estimate of drug-likeness (QED) is 0.0396. The highest BCUT2D eigenvalue weighted by atomic mass is 32.2. The average molecular weight is 849 g/mol. The molecule has 0 radical (unpaired) electrons. The van der Waals surface area contributed by atoms with Crippen molar-refractivity contribution in [1.29, 1.82) is 10.5 Å². The Balaban J connectivity index is 1.83. The second-order valence-electron chi connectivity index (χ2n) is 10.9. The Kier molecular flexibility index (Phi) is 21.0. The topological polar surface area (TPSA) is 276 Å². The monoisotopic (exact) mass is 848 g/mol. The van der Waals surface area contributed by atoms with Gasteiger partial charge in [-0.3, -0.25) is 19.2 Å². The normalized spacial score (nSPS) is 12.0. The minimum absolute atomic E-state index is 0.103. The Morgan fingerprint density at radius 2 is 0.966 bits per heavy atom. The van der Waals surface area contributed by atoms with E-state index in [0.29, 0.717) is 0 Å².